The van der Waals surface area contributed by atoms with Gasteiger partial charge in [-0.2, -0.15) is 0 Å². The number of para-hydroxylation sites is 1. The normalized spacial score (nSPS) is 13.6. The minimum absolute atomic E-state index is 0.139. The van der Waals surface area contributed by atoms with Gasteiger partial charge in [-0.05, 0) is 18.1 Å². The second-order valence-corrected chi connectivity index (χ2v) is 5.05. The molecule has 0 aliphatic heterocycles. The average molecular weight is 286 g/mol. The van der Waals surface area contributed by atoms with Crippen LogP contribution in [-0.2, 0) is 4.79 Å². The van der Waals surface area contributed by atoms with Crippen molar-refractivity contribution in [2.24, 2.45) is 5.92 Å². The number of fused-ring (bicyclic) bond motifs is 1. The quantitative estimate of drug-likeness (QED) is 0.885. The summed E-state index contributed by atoms with van der Waals surface area (Å²) in [5.41, 5.74) is 1.15. The lowest BCUT2D eigenvalue weighted by molar-refractivity contribution is -0.140. The zero-order valence-corrected chi connectivity index (χ0v) is 12.0. The Kier molecular flexibility index (Phi) is 4.52. The van der Waals surface area contributed by atoms with Crippen LogP contribution in [0.15, 0.2) is 36.5 Å². The van der Waals surface area contributed by atoms with Gasteiger partial charge in [-0.25, -0.2) is 4.79 Å². The fourth-order valence-corrected chi connectivity index (χ4v) is 2.20. The number of hydrogen-bond donors (Lipinski definition) is 2. The van der Waals surface area contributed by atoms with Crippen LogP contribution < -0.4 is 5.32 Å². The first-order valence-electron chi connectivity index (χ1n) is 6.92. The summed E-state index contributed by atoms with van der Waals surface area (Å²) >= 11 is 0. The molecule has 0 spiro atoms. The van der Waals surface area contributed by atoms with Crippen LogP contribution in [0.5, 0.6) is 0 Å². The molecule has 1 aromatic heterocycles. The van der Waals surface area contributed by atoms with Crippen molar-refractivity contribution in [1.29, 1.82) is 0 Å². The second-order valence-electron chi connectivity index (χ2n) is 5.05. The molecule has 1 aromatic carbocycles. The molecule has 5 nitrogen and oxygen atoms in total. The van der Waals surface area contributed by atoms with Crippen molar-refractivity contribution in [3.8, 4) is 0 Å². The number of aliphatic carboxylic acids is 1. The zero-order chi connectivity index (χ0) is 15.4. The highest BCUT2D eigenvalue weighted by molar-refractivity contribution is 6.06. The van der Waals surface area contributed by atoms with Crippen LogP contribution in [-0.4, -0.2) is 28.0 Å². The van der Waals surface area contributed by atoms with Gasteiger partial charge in [-0.1, -0.05) is 38.5 Å². The minimum Gasteiger partial charge on any atom is -0.480 e. The van der Waals surface area contributed by atoms with Crippen LogP contribution in [0.3, 0.4) is 0 Å². The zero-order valence-electron chi connectivity index (χ0n) is 12.0. The maximum absolute atomic E-state index is 12.4. The molecule has 110 valence electrons. The van der Waals surface area contributed by atoms with E-state index in [1.807, 2.05) is 32.0 Å². The number of nitrogens with zero attached hydrogens (tertiary/aromatic N) is 1. The summed E-state index contributed by atoms with van der Waals surface area (Å²) in [6.07, 6.45) is 2.23. The number of nitrogens with one attached hydrogen (secondary N) is 1. The molecule has 1 amide bonds. The highest BCUT2D eigenvalue weighted by Gasteiger charge is 2.26. The summed E-state index contributed by atoms with van der Waals surface area (Å²) in [5.74, 6) is -1.54. The second kappa shape index (κ2) is 6.35. The van der Waals surface area contributed by atoms with Crippen molar-refractivity contribution in [2.75, 3.05) is 0 Å². The number of benzene rings is 1. The number of rotatable bonds is 5. The van der Waals surface area contributed by atoms with Crippen molar-refractivity contribution in [2.45, 2.75) is 26.3 Å². The molecule has 2 N–H and O–H groups in total. The predicted octanol–water partition coefficient (Wildman–Crippen LogP) is 2.46. The van der Waals surface area contributed by atoms with E-state index in [2.05, 4.69) is 10.3 Å². The first-order valence-corrected chi connectivity index (χ1v) is 6.92. The Bertz CT molecular complexity index is 664. The van der Waals surface area contributed by atoms with Crippen LogP contribution in [0.2, 0.25) is 0 Å². The van der Waals surface area contributed by atoms with Crippen LogP contribution >= 0.6 is 0 Å². The number of carboxylic acids is 1. The minimum atomic E-state index is -1.02. The number of pyridine rings is 1. The highest BCUT2D eigenvalue weighted by Crippen LogP contribution is 2.17. The maximum Gasteiger partial charge on any atom is 0.326 e. The van der Waals surface area contributed by atoms with Gasteiger partial charge in [-0.3, -0.25) is 9.78 Å². The van der Waals surface area contributed by atoms with E-state index in [1.165, 1.54) is 0 Å². The largest absolute Gasteiger partial charge is 0.480 e. The number of carbonyl (C=O) groups is 2. The van der Waals surface area contributed by atoms with Crippen molar-refractivity contribution < 1.29 is 14.7 Å². The van der Waals surface area contributed by atoms with Crippen molar-refractivity contribution >= 4 is 22.8 Å². The van der Waals surface area contributed by atoms with Crippen molar-refractivity contribution in [3.63, 3.8) is 0 Å². The van der Waals surface area contributed by atoms with Crippen molar-refractivity contribution in [1.82, 2.24) is 10.3 Å². The van der Waals surface area contributed by atoms with E-state index < -0.39 is 12.0 Å². The van der Waals surface area contributed by atoms with E-state index in [4.69, 9.17) is 0 Å². The SMILES string of the molecule is CCC(C)[C@H](NC(=O)c1ccnc2ccccc12)C(=O)O. The van der Waals surface area contributed by atoms with Gasteiger partial charge in [0.25, 0.3) is 5.91 Å². The van der Waals surface area contributed by atoms with E-state index in [0.29, 0.717) is 22.9 Å². The standard InChI is InChI=1S/C16H18N2O3/c1-3-10(2)14(16(20)21)18-15(19)12-8-9-17-13-7-5-4-6-11(12)13/h4-10,14H,3H2,1-2H3,(H,18,19)(H,20,21)/t10?,14-/m0/s1. The fraction of sp³-hybridized carbons (Fsp3) is 0.312. The third-order valence-corrected chi connectivity index (χ3v) is 3.66. The molecule has 0 fully saturated rings. The lowest BCUT2D eigenvalue weighted by Gasteiger charge is -2.20. The Balaban J connectivity index is 2.32. The topological polar surface area (TPSA) is 79.3 Å². The number of carbonyl (C=O) groups excluding carboxylic acids is 1. The third-order valence-electron chi connectivity index (χ3n) is 3.66. The number of aromatic nitrogens is 1. The molecule has 0 saturated carbocycles. The molecular weight excluding hydrogens is 268 g/mol. The van der Waals surface area contributed by atoms with Crippen LogP contribution in [0.4, 0.5) is 0 Å². The molecule has 1 heterocycles. The molecule has 0 bridgehead atoms. The average Bonchev–Trinajstić information content (AvgIpc) is 2.50. The monoisotopic (exact) mass is 286 g/mol. The number of carboxylic acid groups (broad SMARTS) is 1. The first kappa shape index (κ1) is 15.0. The van der Waals surface area contributed by atoms with Gasteiger partial charge in [0, 0.05) is 11.6 Å². The molecule has 21 heavy (non-hydrogen) atoms. The lowest BCUT2D eigenvalue weighted by Crippen LogP contribution is -2.45. The maximum atomic E-state index is 12.4. The summed E-state index contributed by atoms with van der Waals surface area (Å²) in [6.45, 7) is 3.71. The molecule has 0 aliphatic rings. The molecule has 0 aliphatic carbocycles. The Morgan fingerprint density at radius 2 is 2.00 bits per heavy atom. The van der Waals surface area contributed by atoms with Crippen LogP contribution in [0.25, 0.3) is 10.9 Å². The Morgan fingerprint density at radius 1 is 1.29 bits per heavy atom. The van der Waals surface area contributed by atoms with Gasteiger partial charge in [0.15, 0.2) is 0 Å². The summed E-state index contributed by atoms with van der Waals surface area (Å²) in [5, 5.41) is 12.6. The van der Waals surface area contributed by atoms with E-state index >= 15 is 0 Å². The lowest BCUT2D eigenvalue weighted by atomic mass is 9.98. The molecule has 2 rings (SSSR count). The smallest absolute Gasteiger partial charge is 0.326 e. The van der Waals surface area contributed by atoms with Crippen molar-refractivity contribution in [3.05, 3.63) is 42.1 Å². The third kappa shape index (κ3) is 3.18. The van der Waals surface area contributed by atoms with E-state index in [0.717, 1.165) is 0 Å². The van der Waals surface area contributed by atoms with Gasteiger partial charge < -0.3 is 10.4 Å². The van der Waals surface area contributed by atoms with Gasteiger partial charge in [0.2, 0.25) is 0 Å². The molecule has 5 heteroatoms. The van der Waals surface area contributed by atoms with Gasteiger partial charge in [0.1, 0.15) is 6.04 Å². The van der Waals surface area contributed by atoms with Gasteiger partial charge in [-0.15, -0.1) is 0 Å². The van der Waals surface area contributed by atoms with Crippen LogP contribution in [0.1, 0.15) is 30.6 Å². The summed E-state index contributed by atoms with van der Waals surface area (Å²) in [7, 11) is 0. The Hall–Kier alpha value is -2.43. The first-order chi connectivity index (χ1) is 10.0. The fourth-order valence-electron chi connectivity index (χ4n) is 2.20. The molecule has 1 unspecified atom stereocenters. The molecule has 2 atom stereocenters. The highest BCUT2D eigenvalue weighted by atomic mass is 16.4. The van der Waals surface area contributed by atoms with E-state index in [1.54, 1.807) is 18.3 Å². The Morgan fingerprint density at radius 3 is 2.67 bits per heavy atom. The molecule has 2 aromatic rings. The molecule has 0 radical (unpaired) electrons. The van der Waals surface area contributed by atoms with E-state index in [9.17, 15) is 14.7 Å². The summed E-state index contributed by atoms with van der Waals surface area (Å²) < 4.78 is 0. The molecular formula is C16H18N2O3. The summed E-state index contributed by atoms with van der Waals surface area (Å²) in [4.78, 5) is 27.9. The van der Waals surface area contributed by atoms with Gasteiger partial charge >= 0.3 is 5.97 Å². The predicted molar refractivity (Wildman–Crippen MR) is 80.1 cm³/mol. The van der Waals surface area contributed by atoms with E-state index in [-0.39, 0.29) is 11.8 Å². The van der Waals surface area contributed by atoms with Gasteiger partial charge in [0.05, 0.1) is 11.1 Å². The Labute approximate surface area is 123 Å². The van der Waals surface area contributed by atoms with Crippen LogP contribution in [0, 0.1) is 5.92 Å². The molecule has 0 saturated heterocycles. The number of amides is 1. The number of hydrogen-bond acceptors (Lipinski definition) is 3. The summed E-state index contributed by atoms with van der Waals surface area (Å²) in [6, 6.07) is 7.99.